The molecule has 1 aromatic rings. The van der Waals surface area contributed by atoms with E-state index in [1.165, 1.54) is 6.08 Å². The summed E-state index contributed by atoms with van der Waals surface area (Å²) in [5, 5.41) is 2.67. The Morgan fingerprint density at radius 1 is 1.31 bits per heavy atom. The van der Waals surface area contributed by atoms with E-state index in [4.69, 9.17) is 9.47 Å². The predicted molar refractivity (Wildman–Crippen MR) is 59.9 cm³/mol. The van der Waals surface area contributed by atoms with Gasteiger partial charge in [-0.2, -0.15) is 0 Å². The molecule has 0 radical (unpaired) electrons. The molecule has 1 aliphatic heterocycles. The monoisotopic (exact) mass is 219 g/mol. The maximum Gasteiger partial charge on any atom is 0.247 e. The van der Waals surface area contributed by atoms with Crippen molar-refractivity contribution in [1.82, 2.24) is 0 Å². The molecule has 0 bridgehead atoms. The lowest BCUT2D eigenvalue weighted by molar-refractivity contribution is -0.111. The largest absolute Gasteiger partial charge is 0.346 e. The molecular formula is C12H13NO3. The highest BCUT2D eigenvalue weighted by atomic mass is 16.7. The van der Waals surface area contributed by atoms with Gasteiger partial charge in [0.25, 0.3) is 0 Å². The highest BCUT2D eigenvalue weighted by molar-refractivity contribution is 5.98. The van der Waals surface area contributed by atoms with Gasteiger partial charge in [0, 0.05) is 11.3 Å². The van der Waals surface area contributed by atoms with Crippen molar-refractivity contribution in [2.24, 2.45) is 0 Å². The minimum Gasteiger partial charge on any atom is -0.346 e. The summed E-state index contributed by atoms with van der Waals surface area (Å²) in [5.41, 5.74) is 1.68. The summed E-state index contributed by atoms with van der Waals surface area (Å²) < 4.78 is 10.7. The number of carbonyl (C=O) groups is 1. The van der Waals surface area contributed by atoms with Crippen LogP contribution in [0.15, 0.2) is 36.9 Å². The quantitative estimate of drug-likeness (QED) is 0.789. The summed E-state index contributed by atoms with van der Waals surface area (Å²) in [6.07, 6.45) is 0.959. The minimum atomic E-state index is -0.274. The fourth-order valence-corrected chi connectivity index (χ4v) is 1.47. The van der Waals surface area contributed by atoms with Crippen LogP contribution in [0.4, 0.5) is 5.69 Å². The number of ether oxygens (including phenoxy) is 2. The Labute approximate surface area is 93.9 Å². The third-order valence-corrected chi connectivity index (χ3v) is 2.26. The van der Waals surface area contributed by atoms with Crippen molar-refractivity contribution in [3.8, 4) is 0 Å². The normalized spacial score (nSPS) is 16.0. The molecule has 1 N–H and O–H groups in total. The lowest BCUT2D eigenvalue weighted by atomic mass is 10.2. The minimum absolute atomic E-state index is 0.221. The molecule has 1 aromatic carbocycles. The van der Waals surface area contributed by atoms with Crippen molar-refractivity contribution in [2.45, 2.75) is 6.29 Å². The molecule has 1 saturated heterocycles. The summed E-state index contributed by atoms with van der Waals surface area (Å²) >= 11 is 0. The Kier molecular flexibility index (Phi) is 3.34. The molecule has 4 heteroatoms. The van der Waals surface area contributed by atoms with Gasteiger partial charge < -0.3 is 14.8 Å². The zero-order chi connectivity index (χ0) is 11.4. The Balaban J connectivity index is 2.03. The molecule has 1 amide bonds. The van der Waals surface area contributed by atoms with Gasteiger partial charge >= 0.3 is 0 Å². The molecule has 0 atom stereocenters. The van der Waals surface area contributed by atoms with Gasteiger partial charge in [-0.05, 0) is 18.2 Å². The van der Waals surface area contributed by atoms with Gasteiger partial charge in [-0.3, -0.25) is 4.79 Å². The Morgan fingerprint density at radius 2 is 1.94 bits per heavy atom. The maximum atomic E-state index is 11.0. The van der Waals surface area contributed by atoms with Crippen LogP contribution in [0.5, 0.6) is 0 Å². The van der Waals surface area contributed by atoms with E-state index < -0.39 is 0 Å². The van der Waals surface area contributed by atoms with Gasteiger partial charge in [-0.15, -0.1) is 0 Å². The third kappa shape index (κ3) is 2.48. The molecule has 0 aliphatic carbocycles. The van der Waals surface area contributed by atoms with Crippen LogP contribution < -0.4 is 5.32 Å². The van der Waals surface area contributed by atoms with Gasteiger partial charge in [0.05, 0.1) is 13.2 Å². The Hall–Kier alpha value is -1.65. The van der Waals surface area contributed by atoms with Gasteiger partial charge in [0.2, 0.25) is 5.91 Å². The Bertz CT molecular complexity index is 380. The second-order valence-corrected chi connectivity index (χ2v) is 3.39. The van der Waals surface area contributed by atoms with Crippen LogP contribution in [0.25, 0.3) is 0 Å². The number of hydrogen-bond acceptors (Lipinski definition) is 3. The van der Waals surface area contributed by atoms with Crippen LogP contribution in [0.2, 0.25) is 0 Å². The molecule has 1 fully saturated rings. The van der Waals surface area contributed by atoms with Crippen molar-refractivity contribution < 1.29 is 14.3 Å². The summed E-state index contributed by atoms with van der Waals surface area (Å²) in [4.78, 5) is 11.0. The van der Waals surface area contributed by atoms with Crippen molar-refractivity contribution in [3.63, 3.8) is 0 Å². The molecule has 0 spiro atoms. The van der Waals surface area contributed by atoms with E-state index in [2.05, 4.69) is 11.9 Å². The van der Waals surface area contributed by atoms with Gasteiger partial charge in [-0.25, -0.2) is 0 Å². The first-order valence-electron chi connectivity index (χ1n) is 5.06. The molecule has 2 rings (SSSR count). The molecule has 0 unspecified atom stereocenters. The highest BCUT2D eigenvalue weighted by Gasteiger charge is 2.17. The number of nitrogens with one attached hydrogen (secondary N) is 1. The molecule has 84 valence electrons. The maximum absolute atomic E-state index is 11.0. The zero-order valence-corrected chi connectivity index (χ0v) is 8.81. The first-order chi connectivity index (χ1) is 7.79. The fraction of sp³-hybridized carbons (Fsp3) is 0.250. The van der Waals surface area contributed by atoms with Crippen LogP contribution in [-0.2, 0) is 14.3 Å². The highest BCUT2D eigenvalue weighted by Crippen LogP contribution is 2.24. The number of carbonyl (C=O) groups excluding carboxylic acids is 1. The van der Waals surface area contributed by atoms with E-state index in [0.29, 0.717) is 13.2 Å². The van der Waals surface area contributed by atoms with Gasteiger partial charge in [0.1, 0.15) is 0 Å². The molecule has 4 nitrogen and oxygen atoms in total. The number of amides is 1. The van der Waals surface area contributed by atoms with Crippen LogP contribution in [-0.4, -0.2) is 19.1 Å². The van der Waals surface area contributed by atoms with Gasteiger partial charge in [0.15, 0.2) is 6.29 Å². The number of anilines is 1. The first kappa shape index (κ1) is 10.9. The van der Waals surface area contributed by atoms with E-state index in [9.17, 15) is 4.79 Å². The van der Waals surface area contributed by atoms with Crippen LogP contribution in [0, 0.1) is 0 Å². The molecule has 16 heavy (non-hydrogen) atoms. The number of benzene rings is 1. The molecular weight excluding hydrogens is 206 g/mol. The number of rotatable bonds is 3. The molecule has 0 saturated carbocycles. The SMILES string of the molecule is C=CC(=O)Nc1ccc(C2OCCO2)cc1. The van der Waals surface area contributed by atoms with Crippen molar-refractivity contribution in [2.75, 3.05) is 18.5 Å². The van der Waals surface area contributed by atoms with Gasteiger partial charge in [-0.1, -0.05) is 18.7 Å². The average Bonchev–Trinajstić information content (AvgIpc) is 2.83. The van der Waals surface area contributed by atoms with Crippen LogP contribution in [0.3, 0.4) is 0 Å². The molecule has 1 heterocycles. The summed E-state index contributed by atoms with van der Waals surface area (Å²) in [6.45, 7) is 4.63. The third-order valence-electron chi connectivity index (χ3n) is 2.26. The van der Waals surface area contributed by atoms with Crippen molar-refractivity contribution in [3.05, 3.63) is 42.5 Å². The van der Waals surface area contributed by atoms with Crippen LogP contribution >= 0.6 is 0 Å². The smallest absolute Gasteiger partial charge is 0.247 e. The van der Waals surface area contributed by atoms with E-state index in [1.807, 2.05) is 24.3 Å². The zero-order valence-electron chi connectivity index (χ0n) is 8.81. The standard InChI is InChI=1S/C12H13NO3/c1-2-11(14)13-10-5-3-9(4-6-10)12-15-7-8-16-12/h2-6,12H,1,7-8H2,(H,13,14). The summed E-state index contributed by atoms with van der Waals surface area (Å²) in [7, 11) is 0. The first-order valence-corrected chi connectivity index (χ1v) is 5.06. The van der Waals surface area contributed by atoms with E-state index in [-0.39, 0.29) is 12.2 Å². The second kappa shape index (κ2) is 4.92. The lowest BCUT2D eigenvalue weighted by Gasteiger charge is -2.09. The summed E-state index contributed by atoms with van der Waals surface area (Å²) in [6, 6.07) is 7.35. The van der Waals surface area contributed by atoms with E-state index >= 15 is 0 Å². The summed E-state index contributed by atoms with van der Waals surface area (Å²) in [5.74, 6) is -0.221. The fourth-order valence-electron chi connectivity index (χ4n) is 1.47. The predicted octanol–water partition coefficient (Wildman–Crippen LogP) is 1.86. The average molecular weight is 219 g/mol. The topological polar surface area (TPSA) is 47.6 Å². The van der Waals surface area contributed by atoms with Crippen LogP contribution in [0.1, 0.15) is 11.9 Å². The van der Waals surface area contributed by atoms with E-state index in [1.54, 1.807) is 0 Å². The van der Waals surface area contributed by atoms with Crippen molar-refractivity contribution in [1.29, 1.82) is 0 Å². The van der Waals surface area contributed by atoms with Crippen molar-refractivity contribution >= 4 is 11.6 Å². The second-order valence-electron chi connectivity index (χ2n) is 3.39. The Morgan fingerprint density at radius 3 is 2.50 bits per heavy atom. The number of hydrogen-bond donors (Lipinski definition) is 1. The molecule has 1 aliphatic rings. The molecule has 0 aromatic heterocycles. The van der Waals surface area contributed by atoms with E-state index in [0.717, 1.165) is 11.3 Å². The lowest BCUT2D eigenvalue weighted by Crippen LogP contribution is -2.07.